The molecule has 0 aromatic carbocycles. The van der Waals surface area contributed by atoms with Crippen LogP contribution in [-0.2, 0) is 0 Å². The van der Waals surface area contributed by atoms with Gasteiger partial charge in [-0.05, 0) is 24.7 Å². The van der Waals surface area contributed by atoms with Gasteiger partial charge in [-0.3, -0.25) is 0 Å². The summed E-state index contributed by atoms with van der Waals surface area (Å²) in [4.78, 5) is 0. The molecule has 3 N–H and O–H groups in total. The molecule has 9 heavy (non-hydrogen) atoms. The van der Waals surface area contributed by atoms with Gasteiger partial charge in [-0.2, -0.15) is 0 Å². The standard InChI is InChI=1S/C7H14N2/c8-6-4-7(5-9-6)2-1-3-7/h6,9H,1-5,8H2. The Morgan fingerprint density at radius 3 is 2.44 bits per heavy atom. The van der Waals surface area contributed by atoms with Gasteiger partial charge in [-0.15, -0.1) is 0 Å². The lowest BCUT2D eigenvalue weighted by Crippen LogP contribution is -2.31. The molecule has 0 bridgehead atoms. The Morgan fingerprint density at radius 1 is 1.44 bits per heavy atom. The van der Waals surface area contributed by atoms with Crippen LogP contribution >= 0.6 is 0 Å². The average molecular weight is 126 g/mol. The van der Waals surface area contributed by atoms with Crippen molar-refractivity contribution in [3.63, 3.8) is 0 Å². The van der Waals surface area contributed by atoms with Crippen LogP contribution in [0.25, 0.3) is 0 Å². The normalized spacial score (nSPS) is 39.0. The van der Waals surface area contributed by atoms with Gasteiger partial charge in [0.2, 0.25) is 0 Å². The summed E-state index contributed by atoms with van der Waals surface area (Å²) in [6, 6.07) is 0. The van der Waals surface area contributed by atoms with E-state index in [2.05, 4.69) is 5.32 Å². The van der Waals surface area contributed by atoms with Gasteiger partial charge in [0.15, 0.2) is 0 Å². The Balaban J connectivity index is 1.99. The summed E-state index contributed by atoms with van der Waals surface area (Å²) in [6.07, 6.45) is 5.76. The van der Waals surface area contributed by atoms with Crippen molar-refractivity contribution in [1.29, 1.82) is 0 Å². The van der Waals surface area contributed by atoms with Crippen LogP contribution in [0.2, 0.25) is 0 Å². The third-order valence-electron chi connectivity index (χ3n) is 2.81. The Hall–Kier alpha value is -0.0800. The third kappa shape index (κ3) is 0.775. The zero-order chi connectivity index (χ0) is 6.32. The minimum Gasteiger partial charge on any atom is -0.316 e. The van der Waals surface area contributed by atoms with Gasteiger partial charge in [0.05, 0.1) is 6.17 Å². The molecule has 0 aromatic rings. The fourth-order valence-corrected chi connectivity index (χ4v) is 2.02. The fourth-order valence-electron chi connectivity index (χ4n) is 2.02. The molecule has 2 fully saturated rings. The first-order valence-electron chi connectivity index (χ1n) is 3.80. The minimum absolute atomic E-state index is 0.297. The quantitative estimate of drug-likeness (QED) is 0.494. The smallest absolute Gasteiger partial charge is 0.0552 e. The Morgan fingerprint density at radius 2 is 2.22 bits per heavy atom. The van der Waals surface area contributed by atoms with Crippen LogP contribution in [0.15, 0.2) is 0 Å². The molecular formula is C7H14N2. The second-order valence-corrected chi connectivity index (χ2v) is 3.55. The Labute approximate surface area is 55.8 Å². The molecule has 2 heteroatoms. The molecule has 1 atom stereocenters. The zero-order valence-corrected chi connectivity index (χ0v) is 5.69. The van der Waals surface area contributed by atoms with Crippen LogP contribution in [0, 0.1) is 5.41 Å². The van der Waals surface area contributed by atoms with Crippen LogP contribution in [0.5, 0.6) is 0 Å². The second-order valence-electron chi connectivity index (χ2n) is 3.55. The highest BCUT2D eigenvalue weighted by atomic mass is 15.1. The van der Waals surface area contributed by atoms with E-state index in [0.29, 0.717) is 11.6 Å². The molecular weight excluding hydrogens is 112 g/mol. The first kappa shape index (κ1) is 5.69. The van der Waals surface area contributed by atoms with Crippen molar-refractivity contribution in [3.05, 3.63) is 0 Å². The van der Waals surface area contributed by atoms with Gasteiger partial charge in [-0.25, -0.2) is 0 Å². The molecule has 2 aliphatic rings. The van der Waals surface area contributed by atoms with Gasteiger partial charge in [-0.1, -0.05) is 6.42 Å². The molecule has 52 valence electrons. The maximum Gasteiger partial charge on any atom is 0.0552 e. The molecule has 0 aromatic heterocycles. The van der Waals surface area contributed by atoms with Crippen molar-refractivity contribution in [2.24, 2.45) is 11.1 Å². The van der Waals surface area contributed by atoms with Crippen LogP contribution in [0.3, 0.4) is 0 Å². The third-order valence-corrected chi connectivity index (χ3v) is 2.81. The molecule has 1 aliphatic carbocycles. The zero-order valence-electron chi connectivity index (χ0n) is 5.69. The van der Waals surface area contributed by atoms with E-state index in [4.69, 9.17) is 5.73 Å². The van der Waals surface area contributed by atoms with E-state index in [1.807, 2.05) is 0 Å². The lowest BCUT2D eigenvalue weighted by atomic mass is 9.68. The molecule has 2 nitrogen and oxygen atoms in total. The van der Waals surface area contributed by atoms with E-state index in [0.717, 1.165) is 0 Å². The number of rotatable bonds is 0. The van der Waals surface area contributed by atoms with Crippen molar-refractivity contribution in [3.8, 4) is 0 Å². The van der Waals surface area contributed by atoms with E-state index in [1.165, 1.54) is 32.2 Å². The highest BCUT2D eigenvalue weighted by Gasteiger charge is 2.42. The molecule has 1 spiro atoms. The predicted octanol–water partition coefficient (Wildman–Crippen LogP) is 0.435. The van der Waals surface area contributed by atoms with Gasteiger partial charge < -0.3 is 11.1 Å². The highest BCUT2D eigenvalue weighted by Crippen LogP contribution is 2.46. The van der Waals surface area contributed by atoms with Crippen molar-refractivity contribution in [2.45, 2.75) is 31.8 Å². The SMILES string of the molecule is NC1CC2(CCC2)CN1. The molecule has 0 radical (unpaired) electrons. The first-order chi connectivity index (χ1) is 4.31. The topological polar surface area (TPSA) is 38.0 Å². The number of hydrogen-bond acceptors (Lipinski definition) is 2. The van der Waals surface area contributed by atoms with Gasteiger partial charge >= 0.3 is 0 Å². The van der Waals surface area contributed by atoms with Crippen molar-refractivity contribution < 1.29 is 0 Å². The van der Waals surface area contributed by atoms with E-state index >= 15 is 0 Å². The number of nitrogens with two attached hydrogens (primary N) is 1. The van der Waals surface area contributed by atoms with Crippen molar-refractivity contribution in [2.75, 3.05) is 6.54 Å². The van der Waals surface area contributed by atoms with E-state index in [9.17, 15) is 0 Å². The molecule has 0 amide bonds. The fraction of sp³-hybridized carbons (Fsp3) is 1.00. The summed E-state index contributed by atoms with van der Waals surface area (Å²) in [7, 11) is 0. The Kier molecular flexibility index (Phi) is 1.08. The molecule has 1 unspecified atom stereocenters. The molecule has 1 saturated carbocycles. The number of nitrogens with one attached hydrogen (secondary N) is 1. The van der Waals surface area contributed by atoms with E-state index in [1.54, 1.807) is 0 Å². The average Bonchev–Trinajstić information content (AvgIpc) is 2.09. The Bertz CT molecular complexity index is 118. The minimum atomic E-state index is 0.297. The summed E-state index contributed by atoms with van der Waals surface area (Å²) < 4.78 is 0. The number of hydrogen-bond donors (Lipinski definition) is 2. The van der Waals surface area contributed by atoms with Crippen molar-refractivity contribution in [1.82, 2.24) is 5.32 Å². The van der Waals surface area contributed by atoms with Crippen LogP contribution in [0.1, 0.15) is 25.7 Å². The van der Waals surface area contributed by atoms with Crippen molar-refractivity contribution >= 4 is 0 Å². The monoisotopic (exact) mass is 126 g/mol. The van der Waals surface area contributed by atoms with Crippen LogP contribution in [-0.4, -0.2) is 12.7 Å². The second kappa shape index (κ2) is 1.70. The largest absolute Gasteiger partial charge is 0.316 e. The summed E-state index contributed by atoms with van der Waals surface area (Å²) in [5.41, 5.74) is 6.36. The van der Waals surface area contributed by atoms with E-state index in [-0.39, 0.29) is 0 Å². The maximum absolute atomic E-state index is 5.71. The summed E-state index contributed by atoms with van der Waals surface area (Å²) in [6.45, 7) is 1.17. The lowest BCUT2D eigenvalue weighted by molar-refractivity contribution is 0.159. The summed E-state index contributed by atoms with van der Waals surface area (Å²) >= 11 is 0. The molecule has 1 heterocycles. The molecule has 1 saturated heterocycles. The van der Waals surface area contributed by atoms with Crippen LogP contribution in [0.4, 0.5) is 0 Å². The summed E-state index contributed by atoms with van der Waals surface area (Å²) in [5.74, 6) is 0. The lowest BCUT2D eigenvalue weighted by Gasteiger charge is -2.37. The molecule has 1 aliphatic heterocycles. The van der Waals surface area contributed by atoms with Gasteiger partial charge in [0.1, 0.15) is 0 Å². The van der Waals surface area contributed by atoms with Gasteiger partial charge in [0.25, 0.3) is 0 Å². The van der Waals surface area contributed by atoms with Gasteiger partial charge in [0, 0.05) is 6.54 Å². The maximum atomic E-state index is 5.71. The molecule has 2 rings (SSSR count). The van der Waals surface area contributed by atoms with Crippen LogP contribution < -0.4 is 11.1 Å². The first-order valence-corrected chi connectivity index (χ1v) is 3.80. The highest BCUT2D eigenvalue weighted by molar-refractivity contribution is 4.96. The summed E-state index contributed by atoms with van der Waals surface area (Å²) in [5, 5.41) is 3.29. The predicted molar refractivity (Wildman–Crippen MR) is 36.9 cm³/mol. The van der Waals surface area contributed by atoms with E-state index < -0.39 is 0 Å².